The van der Waals surface area contributed by atoms with Crippen molar-refractivity contribution in [3.8, 4) is 5.69 Å². The smallest absolute Gasteiger partial charge is 0.257 e. The van der Waals surface area contributed by atoms with E-state index < -0.39 is 0 Å². The van der Waals surface area contributed by atoms with Gasteiger partial charge in [-0.05, 0) is 43.0 Å². The fourth-order valence-corrected chi connectivity index (χ4v) is 6.71. The molecule has 5 rings (SSSR count). The predicted octanol–water partition coefficient (Wildman–Crippen LogP) is 4.77. The Morgan fingerprint density at radius 3 is 2.90 bits per heavy atom. The minimum Gasteiger partial charge on any atom is -0.379 e. The van der Waals surface area contributed by atoms with E-state index in [4.69, 9.17) is 16.3 Å². The normalized spacial score (nSPS) is 20.1. The van der Waals surface area contributed by atoms with Crippen LogP contribution in [0, 0.1) is 6.92 Å². The molecule has 2 aliphatic rings. The fourth-order valence-electron chi connectivity index (χ4n) is 4.24. The van der Waals surface area contributed by atoms with E-state index in [1.807, 2.05) is 35.8 Å². The van der Waals surface area contributed by atoms with Crippen LogP contribution in [0.15, 0.2) is 51.5 Å². The molecule has 2 aromatic heterocycles. The number of nitrogens with one attached hydrogen (secondary N) is 1. The van der Waals surface area contributed by atoms with Crippen molar-refractivity contribution in [2.24, 2.45) is 0 Å². The highest BCUT2D eigenvalue weighted by molar-refractivity contribution is 7.99. The Labute approximate surface area is 193 Å². The molecule has 3 aromatic rings. The minimum atomic E-state index is -0.323. The summed E-state index contributed by atoms with van der Waals surface area (Å²) in [6.45, 7) is 3.02. The highest BCUT2D eigenvalue weighted by Gasteiger charge is 2.30. The molecule has 0 spiro atoms. The zero-order chi connectivity index (χ0) is 21.5. The lowest BCUT2D eigenvalue weighted by atomic mass is 10.0. The maximum Gasteiger partial charge on any atom is 0.257 e. The summed E-state index contributed by atoms with van der Waals surface area (Å²) in [5, 5.41) is 5.80. The molecule has 160 valence electrons. The molecule has 31 heavy (non-hydrogen) atoms. The van der Waals surface area contributed by atoms with E-state index >= 15 is 0 Å². The monoisotopic (exact) mass is 472 g/mol. The van der Waals surface area contributed by atoms with E-state index in [0.29, 0.717) is 24.7 Å². The molecule has 5 nitrogen and oxygen atoms in total. The van der Waals surface area contributed by atoms with E-state index in [-0.39, 0.29) is 28.2 Å². The number of ether oxygens (including phenoxy) is 1. The van der Waals surface area contributed by atoms with Crippen LogP contribution in [0.2, 0.25) is 5.02 Å². The number of carbonyl (C=O) groups excluding carboxylic acids is 1. The van der Waals surface area contributed by atoms with Crippen LogP contribution >= 0.6 is 34.7 Å². The van der Waals surface area contributed by atoms with Crippen LogP contribution in [0.4, 0.5) is 0 Å². The van der Waals surface area contributed by atoms with Gasteiger partial charge >= 0.3 is 0 Å². The van der Waals surface area contributed by atoms with Crippen molar-refractivity contribution < 1.29 is 9.53 Å². The average Bonchev–Trinajstić information content (AvgIpc) is 3.40. The van der Waals surface area contributed by atoms with Gasteiger partial charge in [-0.15, -0.1) is 23.1 Å². The lowest BCUT2D eigenvalue weighted by Gasteiger charge is -2.20. The quantitative estimate of drug-likeness (QED) is 0.596. The van der Waals surface area contributed by atoms with Crippen molar-refractivity contribution in [2.75, 3.05) is 13.2 Å². The van der Waals surface area contributed by atoms with Crippen molar-refractivity contribution >= 4 is 40.6 Å². The van der Waals surface area contributed by atoms with Crippen LogP contribution in [0.1, 0.15) is 38.3 Å². The zero-order valence-corrected chi connectivity index (χ0v) is 19.3. The first kappa shape index (κ1) is 20.8. The number of fused-ring (bicyclic) bond motifs is 3. The third-order valence-corrected chi connectivity index (χ3v) is 8.32. The molecule has 0 saturated carbocycles. The van der Waals surface area contributed by atoms with E-state index in [0.717, 1.165) is 28.4 Å². The summed E-state index contributed by atoms with van der Waals surface area (Å²) in [5.41, 5.74) is 2.47. The molecule has 1 N–H and O–H groups in total. The third kappa shape index (κ3) is 3.96. The molecule has 0 bridgehead atoms. The van der Waals surface area contributed by atoms with Crippen LogP contribution in [-0.2, 0) is 11.2 Å². The molecule has 0 aliphatic carbocycles. The molecule has 2 unspecified atom stereocenters. The first-order chi connectivity index (χ1) is 15.0. The van der Waals surface area contributed by atoms with Crippen LogP contribution < -0.4 is 10.7 Å². The summed E-state index contributed by atoms with van der Waals surface area (Å²) < 4.78 is 7.44. The highest BCUT2D eigenvalue weighted by atomic mass is 35.5. The molecule has 0 radical (unpaired) electrons. The molecular formula is C23H21ClN2O3S2. The second-order valence-electron chi connectivity index (χ2n) is 7.78. The summed E-state index contributed by atoms with van der Waals surface area (Å²) in [6, 6.07) is 11.4. The van der Waals surface area contributed by atoms with Crippen LogP contribution in [0.25, 0.3) is 5.69 Å². The number of aryl methyl sites for hydroxylation is 1. The number of nitrogens with zero attached hydrogens (tertiary/aromatic N) is 1. The van der Waals surface area contributed by atoms with E-state index in [2.05, 4.69) is 16.8 Å². The van der Waals surface area contributed by atoms with Gasteiger partial charge in [0.25, 0.3) is 5.91 Å². The fraction of sp³-hybridized carbons (Fsp3) is 0.304. The molecule has 1 fully saturated rings. The zero-order valence-electron chi connectivity index (χ0n) is 16.9. The topological polar surface area (TPSA) is 60.3 Å². The number of amides is 1. The largest absolute Gasteiger partial charge is 0.379 e. The molecule has 1 saturated heterocycles. The minimum absolute atomic E-state index is 0.0619. The Kier molecular flexibility index (Phi) is 5.69. The van der Waals surface area contributed by atoms with Gasteiger partial charge in [0.1, 0.15) is 5.56 Å². The third-order valence-electron chi connectivity index (χ3n) is 5.66. The summed E-state index contributed by atoms with van der Waals surface area (Å²) in [7, 11) is 0. The van der Waals surface area contributed by atoms with Crippen molar-refractivity contribution in [1.82, 2.24) is 9.88 Å². The number of rotatable bonds is 3. The number of thiophene rings is 1. The van der Waals surface area contributed by atoms with Crippen molar-refractivity contribution in [1.29, 1.82) is 0 Å². The van der Waals surface area contributed by atoms with Gasteiger partial charge < -0.3 is 14.6 Å². The lowest BCUT2D eigenvalue weighted by molar-refractivity contribution is 0.0927. The Balaban J connectivity index is 1.70. The number of aromatic nitrogens is 1. The van der Waals surface area contributed by atoms with Gasteiger partial charge in [-0.3, -0.25) is 9.59 Å². The first-order valence-electron chi connectivity index (χ1n) is 10.2. The second-order valence-corrected chi connectivity index (χ2v) is 10.4. The standard InChI is InChI=1S/C23H21ClN2O3S2/c1-13-9-18(27)22(23(28)25-15-6-7-29-12-15)17-11-21(19-3-2-8-30-19)31-20-10-14(24)4-5-16(20)26(13)17/h2-5,8-10,15,21H,6-7,11-12H2,1H3,(H,25,28). The molecule has 4 heterocycles. The van der Waals surface area contributed by atoms with E-state index in [1.54, 1.807) is 29.2 Å². The van der Waals surface area contributed by atoms with Gasteiger partial charge in [0.15, 0.2) is 5.43 Å². The molecule has 1 amide bonds. The Bertz CT molecular complexity index is 1200. The number of hydrogen-bond acceptors (Lipinski definition) is 5. The number of halogens is 1. The number of benzene rings is 1. The summed E-state index contributed by atoms with van der Waals surface area (Å²) in [6.07, 6.45) is 1.33. The number of pyridine rings is 1. The SMILES string of the molecule is Cc1cc(=O)c(C(=O)NC2CCOC2)c2n1-c1ccc(Cl)cc1SC(c1cccs1)C2. The number of thioether (sulfide) groups is 1. The average molecular weight is 473 g/mol. The molecule has 8 heteroatoms. The maximum absolute atomic E-state index is 13.3. The van der Waals surface area contributed by atoms with Crippen LogP contribution in [0.5, 0.6) is 0 Å². The Hall–Kier alpha value is -2.06. The van der Waals surface area contributed by atoms with Crippen molar-refractivity contribution in [3.63, 3.8) is 0 Å². The highest BCUT2D eigenvalue weighted by Crippen LogP contribution is 2.46. The summed E-state index contributed by atoms with van der Waals surface area (Å²) in [5.74, 6) is -0.323. The number of hydrogen-bond donors (Lipinski definition) is 1. The van der Waals surface area contributed by atoms with Crippen LogP contribution in [0.3, 0.4) is 0 Å². The van der Waals surface area contributed by atoms with Gasteiger partial charge in [0.05, 0.1) is 18.3 Å². The van der Waals surface area contributed by atoms with E-state index in [1.165, 1.54) is 4.88 Å². The van der Waals surface area contributed by atoms with E-state index in [9.17, 15) is 9.59 Å². The first-order valence-corrected chi connectivity index (χ1v) is 12.3. The summed E-state index contributed by atoms with van der Waals surface area (Å²) in [4.78, 5) is 28.6. The predicted molar refractivity (Wildman–Crippen MR) is 125 cm³/mol. The summed E-state index contributed by atoms with van der Waals surface area (Å²) >= 11 is 9.73. The van der Waals surface area contributed by atoms with Crippen molar-refractivity contribution in [2.45, 2.75) is 36.0 Å². The van der Waals surface area contributed by atoms with Gasteiger partial charge in [-0.1, -0.05) is 17.7 Å². The van der Waals surface area contributed by atoms with Gasteiger partial charge in [0, 0.05) is 50.5 Å². The molecule has 2 aliphatic heterocycles. The maximum atomic E-state index is 13.3. The second kappa shape index (κ2) is 8.47. The Morgan fingerprint density at radius 2 is 2.16 bits per heavy atom. The molecule has 1 aromatic carbocycles. The lowest BCUT2D eigenvalue weighted by Crippen LogP contribution is -2.39. The molecular weight excluding hydrogens is 452 g/mol. The van der Waals surface area contributed by atoms with Gasteiger partial charge in [-0.25, -0.2) is 0 Å². The Morgan fingerprint density at radius 1 is 1.29 bits per heavy atom. The van der Waals surface area contributed by atoms with Gasteiger partial charge in [-0.2, -0.15) is 0 Å². The van der Waals surface area contributed by atoms with Gasteiger partial charge in [0.2, 0.25) is 0 Å². The number of carbonyl (C=O) groups is 1. The van der Waals surface area contributed by atoms with Crippen LogP contribution in [-0.4, -0.2) is 29.7 Å². The molecule has 2 atom stereocenters. The van der Waals surface area contributed by atoms with Crippen molar-refractivity contribution in [3.05, 3.63) is 78.9 Å².